The van der Waals surface area contributed by atoms with Crippen molar-refractivity contribution in [3.63, 3.8) is 0 Å². The molecule has 0 aromatic heterocycles. The molecule has 0 bridgehead atoms. The van der Waals surface area contributed by atoms with E-state index in [1.54, 1.807) is 7.11 Å². The van der Waals surface area contributed by atoms with E-state index in [9.17, 15) is 4.79 Å². The monoisotopic (exact) mass is 348 g/mol. The molecule has 5 heteroatoms. The van der Waals surface area contributed by atoms with Crippen molar-refractivity contribution in [1.82, 2.24) is 10.2 Å². The van der Waals surface area contributed by atoms with Crippen LogP contribution in [0.2, 0.25) is 0 Å². The van der Waals surface area contributed by atoms with Gasteiger partial charge in [-0.15, -0.1) is 0 Å². The first-order valence-electron chi connectivity index (χ1n) is 9.13. The van der Waals surface area contributed by atoms with Gasteiger partial charge >= 0.3 is 0 Å². The molecule has 1 aromatic carbocycles. The first kappa shape index (κ1) is 19.9. The molecule has 0 saturated heterocycles. The van der Waals surface area contributed by atoms with E-state index in [1.165, 1.54) is 5.56 Å². The molecule has 1 saturated carbocycles. The summed E-state index contributed by atoms with van der Waals surface area (Å²) in [4.78, 5) is 14.3. The number of ether oxygens (including phenoxy) is 2. The van der Waals surface area contributed by atoms with E-state index >= 15 is 0 Å². The van der Waals surface area contributed by atoms with Crippen LogP contribution in [0.3, 0.4) is 0 Å². The van der Waals surface area contributed by atoms with E-state index in [4.69, 9.17) is 9.47 Å². The Kier molecular flexibility index (Phi) is 7.88. The van der Waals surface area contributed by atoms with Gasteiger partial charge in [-0.3, -0.25) is 4.79 Å². The van der Waals surface area contributed by atoms with Crippen LogP contribution in [0, 0.1) is 0 Å². The summed E-state index contributed by atoms with van der Waals surface area (Å²) in [6.07, 6.45) is 5.25. The lowest BCUT2D eigenvalue weighted by atomic mass is 9.75. The SMILES string of the molecule is COCCOCC(=O)NC1CCC(Cc2ccccc2)(N(C)C)CC1. The molecule has 25 heavy (non-hydrogen) atoms. The van der Waals surface area contributed by atoms with Crippen LogP contribution in [0.1, 0.15) is 31.2 Å². The second-order valence-corrected chi connectivity index (χ2v) is 7.17. The Morgan fingerprint density at radius 3 is 2.48 bits per heavy atom. The zero-order valence-corrected chi connectivity index (χ0v) is 15.8. The number of carbonyl (C=O) groups excluding carboxylic acids is 1. The molecule has 1 fully saturated rings. The van der Waals surface area contributed by atoms with Gasteiger partial charge < -0.3 is 19.7 Å². The molecule has 0 heterocycles. The number of carbonyl (C=O) groups is 1. The van der Waals surface area contributed by atoms with E-state index in [1.807, 2.05) is 0 Å². The topological polar surface area (TPSA) is 50.8 Å². The molecular weight excluding hydrogens is 316 g/mol. The molecule has 5 nitrogen and oxygen atoms in total. The molecule has 1 aliphatic carbocycles. The highest BCUT2D eigenvalue weighted by Gasteiger charge is 2.37. The molecule has 1 aromatic rings. The third kappa shape index (κ3) is 6.10. The van der Waals surface area contributed by atoms with Crippen LogP contribution in [0.4, 0.5) is 0 Å². The molecule has 1 N–H and O–H groups in total. The Morgan fingerprint density at radius 2 is 1.88 bits per heavy atom. The predicted octanol–water partition coefficient (Wildman–Crippen LogP) is 2.25. The molecule has 0 atom stereocenters. The van der Waals surface area contributed by atoms with Crippen molar-refractivity contribution in [1.29, 1.82) is 0 Å². The number of rotatable bonds is 9. The third-order valence-corrected chi connectivity index (χ3v) is 5.27. The molecule has 2 rings (SSSR count). The highest BCUT2D eigenvalue weighted by molar-refractivity contribution is 5.77. The van der Waals surface area contributed by atoms with Gasteiger partial charge in [-0.25, -0.2) is 0 Å². The van der Waals surface area contributed by atoms with Crippen molar-refractivity contribution in [3.8, 4) is 0 Å². The van der Waals surface area contributed by atoms with E-state index in [0.29, 0.717) is 13.2 Å². The lowest BCUT2D eigenvalue weighted by Crippen LogP contribution is -2.52. The van der Waals surface area contributed by atoms with Crippen molar-refractivity contribution >= 4 is 5.91 Å². The minimum Gasteiger partial charge on any atom is -0.382 e. The highest BCUT2D eigenvalue weighted by Crippen LogP contribution is 2.35. The zero-order valence-electron chi connectivity index (χ0n) is 15.8. The summed E-state index contributed by atoms with van der Waals surface area (Å²) in [5.74, 6) is -0.0264. The molecule has 140 valence electrons. The molecular formula is C20H32N2O3. The molecule has 0 aliphatic heterocycles. The predicted molar refractivity (Wildman–Crippen MR) is 99.7 cm³/mol. The van der Waals surface area contributed by atoms with Gasteiger partial charge in [0.25, 0.3) is 0 Å². The van der Waals surface area contributed by atoms with Gasteiger partial charge in [-0.1, -0.05) is 30.3 Å². The average molecular weight is 348 g/mol. The number of amides is 1. The number of likely N-dealkylation sites (N-methyl/N-ethyl adjacent to an activating group) is 1. The van der Waals surface area contributed by atoms with Crippen LogP contribution in [-0.2, 0) is 20.7 Å². The van der Waals surface area contributed by atoms with Crippen molar-refractivity contribution < 1.29 is 14.3 Å². The Hall–Kier alpha value is -1.43. The summed E-state index contributed by atoms with van der Waals surface area (Å²) >= 11 is 0. The molecule has 0 radical (unpaired) electrons. The Morgan fingerprint density at radius 1 is 1.20 bits per heavy atom. The summed E-state index contributed by atoms with van der Waals surface area (Å²) in [6, 6.07) is 10.9. The second kappa shape index (κ2) is 9.90. The zero-order chi connectivity index (χ0) is 18.1. The van der Waals surface area contributed by atoms with Gasteiger partial charge in [0, 0.05) is 18.7 Å². The highest BCUT2D eigenvalue weighted by atomic mass is 16.5. The largest absolute Gasteiger partial charge is 0.382 e. The number of methoxy groups -OCH3 is 1. The quantitative estimate of drug-likeness (QED) is 0.696. The minimum absolute atomic E-state index is 0.0264. The smallest absolute Gasteiger partial charge is 0.246 e. The number of nitrogens with zero attached hydrogens (tertiary/aromatic N) is 1. The molecule has 1 aliphatic rings. The summed E-state index contributed by atoms with van der Waals surface area (Å²) in [6.45, 7) is 1.08. The fraction of sp³-hybridized carbons (Fsp3) is 0.650. The summed E-state index contributed by atoms with van der Waals surface area (Å²) in [5.41, 5.74) is 1.56. The Labute approximate surface area is 151 Å². The average Bonchev–Trinajstić information content (AvgIpc) is 2.61. The van der Waals surface area contributed by atoms with Crippen LogP contribution in [0.5, 0.6) is 0 Å². The van der Waals surface area contributed by atoms with Gasteiger partial charge in [0.05, 0.1) is 13.2 Å². The van der Waals surface area contributed by atoms with Crippen LogP contribution in [0.25, 0.3) is 0 Å². The lowest BCUT2D eigenvalue weighted by Gasteiger charge is -2.45. The number of hydrogen-bond acceptors (Lipinski definition) is 4. The van der Waals surface area contributed by atoms with Crippen LogP contribution >= 0.6 is 0 Å². The molecule has 0 spiro atoms. The fourth-order valence-corrected chi connectivity index (χ4v) is 3.63. The first-order chi connectivity index (χ1) is 12.1. The van der Waals surface area contributed by atoms with Crippen LogP contribution in [-0.4, -0.2) is 63.4 Å². The Balaban J connectivity index is 1.82. The van der Waals surface area contributed by atoms with Crippen LogP contribution in [0.15, 0.2) is 30.3 Å². The van der Waals surface area contributed by atoms with Crippen LogP contribution < -0.4 is 5.32 Å². The van der Waals surface area contributed by atoms with Crippen molar-refractivity contribution in [2.45, 2.75) is 43.7 Å². The number of nitrogens with one attached hydrogen (secondary N) is 1. The van der Waals surface area contributed by atoms with Crippen molar-refractivity contribution in [2.75, 3.05) is 41.0 Å². The maximum atomic E-state index is 12.0. The first-order valence-corrected chi connectivity index (χ1v) is 9.13. The molecule has 1 amide bonds. The van der Waals surface area contributed by atoms with Gasteiger partial charge in [-0.05, 0) is 51.8 Å². The maximum absolute atomic E-state index is 12.0. The Bertz CT molecular complexity index is 511. The second-order valence-electron chi connectivity index (χ2n) is 7.17. The van der Waals surface area contributed by atoms with Gasteiger partial charge in [-0.2, -0.15) is 0 Å². The summed E-state index contributed by atoms with van der Waals surface area (Å²) in [5, 5.41) is 3.11. The lowest BCUT2D eigenvalue weighted by molar-refractivity contribution is -0.127. The van der Waals surface area contributed by atoms with E-state index in [-0.39, 0.29) is 24.1 Å². The standard InChI is InChI=1S/C20H32N2O3/c1-22(2)20(15-17-7-5-4-6-8-17)11-9-18(10-12-20)21-19(23)16-25-14-13-24-3/h4-8,18H,9-16H2,1-3H3,(H,21,23). The normalized spacial score (nSPS) is 23.6. The maximum Gasteiger partial charge on any atom is 0.246 e. The van der Waals surface area contributed by atoms with Gasteiger partial charge in [0.2, 0.25) is 5.91 Å². The van der Waals surface area contributed by atoms with E-state index in [0.717, 1.165) is 32.1 Å². The third-order valence-electron chi connectivity index (χ3n) is 5.27. The summed E-state index contributed by atoms with van der Waals surface area (Å²) in [7, 11) is 5.97. The fourth-order valence-electron chi connectivity index (χ4n) is 3.63. The van der Waals surface area contributed by atoms with Gasteiger partial charge in [0.1, 0.15) is 6.61 Å². The number of hydrogen-bond donors (Lipinski definition) is 1. The number of benzene rings is 1. The van der Waals surface area contributed by atoms with Crippen molar-refractivity contribution in [3.05, 3.63) is 35.9 Å². The molecule has 0 unspecified atom stereocenters. The van der Waals surface area contributed by atoms with Crippen molar-refractivity contribution in [2.24, 2.45) is 0 Å². The van der Waals surface area contributed by atoms with Gasteiger partial charge in [0.15, 0.2) is 0 Å². The van der Waals surface area contributed by atoms with E-state index < -0.39 is 0 Å². The minimum atomic E-state index is -0.0264. The van der Waals surface area contributed by atoms with E-state index in [2.05, 4.69) is 54.6 Å². The summed E-state index contributed by atoms with van der Waals surface area (Å²) < 4.78 is 10.2.